The topological polar surface area (TPSA) is 51.5 Å². The number of unbranched alkanes of at least 4 members (excludes halogenated alkanes) is 5. The van der Waals surface area contributed by atoms with Crippen molar-refractivity contribution in [3.05, 3.63) is 0 Å². The molecule has 4 nitrogen and oxygen atoms in total. The Labute approximate surface area is 157 Å². The lowest BCUT2D eigenvalue weighted by Crippen LogP contribution is -2.38. The van der Waals surface area contributed by atoms with Crippen LogP contribution in [0.15, 0.2) is 0 Å². The van der Waals surface area contributed by atoms with Gasteiger partial charge in [0.2, 0.25) is 4.70 Å². The molecule has 0 aromatic carbocycles. The summed E-state index contributed by atoms with van der Waals surface area (Å²) in [5, 5.41) is 8.57. The van der Waals surface area contributed by atoms with Crippen LogP contribution >= 0.6 is 15.9 Å². The first-order chi connectivity index (χ1) is 11.6. The second-order valence-corrected chi connectivity index (χ2v) is 7.12. The van der Waals surface area contributed by atoms with Gasteiger partial charge in [-0.05, 0) is 42.6 Å². The van der Waals surface area contributed by atoms with E-state index in [1.165, 1.54) is 38.5 Å². The third-order valence-electron chi connectivity index (χ3n) is 4.04. The summed E-state index contributed by atoms with van der Waals surface area (Å²) in [7, 11) is 0. The minimum absolute atomic E-state index is 0.241. The third-order valence-corrected chi connectivity index (χ3v) is 5.15. The van der Waals surface area contributed by atoms with Crippen LogP contribution in [0.1, 0.15) is 78.6 Å². The van der Waals surface area contributed by atoms with Gasteiger partial charge in [-0.3, -0.25) is 0 Å². The van der Waals surface area contributed by atoms with Gasteiger partial charge >= 0.3 is 0 Å². The Hall–Kier alpha value is -0.150. The van der Waals surface area contributed by atoms with Crippen molar-refractivity contribution in [3.8, 4) is 6.07 Å². The van der Waals surface area contributed by atoms with Crippen LogP contribution in [-0.4, -0.2) is 31.1 Å². The fraction of sp³-hybridized carbons (Fsp3) is 0.947. The molecule has 0 rings (SSSR count). The zero-order chi connectivity index (χ0) is 18.1. The summed E-state index contributed by atoms with van der Waals surface area (Å²) < 4.78 is 16.6. The number of hydrogen-bond donors (Lipinski definition) is 0. The molecule has 0 fully saturated rings. The van der Waals surface area contributed by atoms with Gasteiger partial charge < -0.3 is 14.2 Å². The van der Waals surface area contributed by atoms with Crippen molar-refractivity contribution in [2.45, 2.75) is 83.3 Å². The molecule has 0 aromatic heterocycles. The van der Waals surface area contributed by atoms with Crippen LogP contribution in [0.4, 0.5) is 0 Å². The van der Waals surface area contributed by atoms with Crippen molar-refractivity contribution >= 4 is 15.9 Å². The maximum atomic E-state index is 8.57. The Balaban J connectivity index is 4.42. The van der Waals surface area contributed by atoms with E-state index in [4.69, 9.17) is 19.5 Å². The van der Waals surface area contributed by atoms with Crippen molar-refractivity contribution in [2.75, 3.05) is 26.4 Å². The highest BCUT2D eigenvalue weighted by atomic mass is 79.9. The lowest BCUT2D eigenvalue weighted by atomic mass is 9.96. The van der Waals surface area contributed by atoms with E-state index in [9.17, 15) is 0 Å². The Morgan fingerprint density at radius 1 is 0.917 bits per heavy atom. The van der Waals surface area contributed by atoms with Crippen molar-refractivity contribution < 1.29 is 14.2 Å². The van der Waals surface area contributed by atoms with Gasteiger partial charge in [0.05, 0.1) is 19.1 Å². The molecule has 0 heterocycles. The molecule has 0 aliphatic carbocycles. The zero-order valence-corrected chi connectivity index (χ0v) is 17.4. The summed E-state index contributed by atoms with van der Waals surface area (Å²) in [5.41, 5.74) is 0. The molecule has 0 radical (unpaired) electrons. The van der Waals surface area contributed by atoms with Crippen LogP contribution in [-0.2, 0) is 14.2 Å². The molecule has 0 aliphatic rings. The minimum Gasteiger partial charge on any atom is -0.380 e. The molecule has 1 unspecified atom stereocenters. The minimum atomic E-state index is -0.724. The van der Waals surface area contributed by atoms with Gasteiger partial charge in [-0.2, -0.15) is 5.26 Å². The molecule has 0 saturated heterocycles. The standard InChI is InChI=1S/C19H36BrNO3/c1-4-7-8-9-10-11-13-18(14-17-22-16-12-15-21)19(20,23-5-2)24-6-3/h18H,4-14,16-17H2,1-3H3. The second kappa shape index (κ2) is 16.3. The summed E-state index contributed by atoms with van der Waals surface area (Å²) in [4.78, 5) is 0. The summed E-state index contributed by atoms with van der Waals surface area (Å²) in [6.07, 6.45) is 10.0. The average molecular weight is 406 g/mol. The monoisotopic (exact) mass is 405 g/mol. The van der Waals surface area contributed by atoms with E-state index in [1.54, 1.807) is 0 Å². The van der Waals surface area contributed by atoms with Crippen LogP contribution in [0.25, 0.3) is 0 Å². The molecule has 0 aromatic rings. The molecular formula is C19H36BrNO3. The molecule has 142 valence electrons. The quantitative estimate of drug-likeness (QED) is 0.174. The van der Waals surface area contributed by atoms with Gasteiger partial charge in [0.1, 0.15) is 0 Å². The van der Waals surface area contributed by atoms with Gasteiger partial charge in [-0.15, -0.1) is 0 Å². The molecule has 5 heteroatoms. The first-order valence-electron chi connectivity index (χ1n) is 9.56. The summed E-state index contributed by atoms with van der Waals surface area (Å²) in [6, 6.07) is 2.10. The lowest BCUT2D eigenvalue weighted by Gasteiger charge is -2.35. The van der Waals surface area contributed by atoms with Crippen molar-refractivity contribution in [1.82, 2.24) is 0 Å². The van der Waals surface area contributed by atoms with Gasteiger partial charge in [0.15, 0.2) is 0 Å². The molecule has 0 bridgehead atoms. The molecular weight excluding hydrogens is 370 g/mol. The predicted octanol–water partition coefficient (Wildman–Crippen LogP) is 5.80. The first kappa shape index (κ1) is 23.9. The highest BCUT2D eigenvalue weighted by molar-refractivity contribution is 9.10. The number of rotatable bonds is 17. The van der Waals surface area contributed by atoms with Gasteiger partial charge in [0.25, 0.3) is 0 Å². The molecule has 0 spiro atoms. The van der Waals surface area contributed by atoms with E-state index in [0.717, 1.165) is 12.8 Å². The maximum Gasteiger partial charge on any atom is 0.229 e. The number of ether oxygens (including phenoxy) is 3. The fourth-order valence-electron chi connectivity index (χ4n) is 2.78. The Morgan fingerprint density at radius 2 is 1.54 bits per heavy atom. The predicted molar refractivity (Wildman–Crippen MR) is 102 cm³/mol. The van der Waals surface area contributed by atoms with Crippen LogP contribution < -0.4 is 0 Å². The van der Waals surface area contributed by atoms with Crippen molar-refractivity contribution in [3.63, 3.8) is 0 Å². The molecule has 0 saturated carbocycles. The number of nitriles is 1. The summed E-state index contributed by atoms with van der Waals surface area (Å²) >= 11 is 3.70. The largest absolute Gasteiger partial charge is 0.380 e. The van der Waals surface area contributed by atoms with E-state index < -0.39 is 4.70 Å². The Morgan fingerprint density at radius 3 is 2.12 bits per heavy atom. The van der Waals surface area contributed by atoms with Crippen molar-refractivity contribution in [1.29, 1.82) is 5.26 Å². The van der Waals surface area contributed by atoms with Gasteiger partial charge in [-0.1, -0.05) is 45.4 Å². The summed E-state index contributed by atoms with van der Waals surface area (Å²) in [6.45, 7) is 8.56. The molecule has 0 amide bonds. The normalized spacial score (nSPS) is 13.0. The second-order valence-electron chi connectivity index (χ2n) is 6.01. The molecule has 24 heavy (non-hydrogen) atoms. The van der Waals surface area contributed by atoms with Crippen LogP contribution in [0, 0.1) is 17.2 Å². The first-order valence-corrected chi connectivity index (χ1v) is 10.3. The molecule has 1 atom stereocenters. The van der Waals surface area contributed by atoms with Gasteiger partial charge in [0, 0.05) is 25.7 Å². The fourth-order valence-corrected chi connectivity index (χ4v) is 3.69. The maximum absolute atomic E-state index is 8.57. The highest BCUT2D eigenvalue weighted by Crippen LogP contribution is 2.37. The Kier molecular flexibility index (Phi) is 16.2. The van der Waals surface area contributed by atoms with E-state index in [2.05, 4.69) is 28.9 Å². The van der Waals surface area contributed by atoms with E-state index in [1.807, 2.05) is 13.8 Å². The SMILES string of the molecule is CCCCCCCCC(CCOCCC#N)C(Br)(OCC)OCC. The Bertz CT molecular complexity index is 314. The van der Waals surface area contributed by atoms with E-state index in [-0.39, 0.29) is 5.92 Å². The smallest absolute Gasteiger partial charge is 0.229 e. The van der Waals surface area contributed by atoms with Crippen LogP contribution in [0.3, 0.4) is 0 Å². The number of halogens is 1. The number of nitrogens with zero attached hydrogens (tertiary/aromatic N) is 1. The number of hydrogen-bond acceptors (Lipinski definition) is 4. The van der Waals surface area contributed by atoms with Gasteiger partial charge in [-0.25, -0.2) is 0 Å². The molecule has 0 aliphatic heterocycles. The van der Waals surface area contributed by atoms with E-state index in [0.29, 0.717) is 32.8 Å². The summed E-state index contributed by atoms with van der Waals surface area (Å²) in [5.74, 6) is 0.241. The zero-order valence-electron chi connectivity index (χ0n) is 15.8. The lowest BCUT2D eigenvalue weighted by molar-refractivity contribution is -0.195. The third kappa shape index (κ3) is 11.4. The average Bonchev–Trinajstić information content (AvgIpc) is 2.56. The van der Waals surface area contributed by atoms with E-state index >= 15 is 0 Å². The van der Waals surface area contributed by atoms with Crippen LogP contribution in [0.5, 0.6) is 0 Å². The number of alkyl halides is 1. The van der Waals surface area contributed by atoms with Crippen LogP contribution in [0.2, 0.25) is 0 Å². The highest BCUT2D eigenvalue weighted by Gasteiger charge is 2.37. The molecule has 0 N–H and O–H groups in total. The van der Waals surface area contributed by atoms with Crippen molar-refractivity contribution in [2.24, 2.45) is 5.92 Å².